The standard InChI is InChI=1S/C28H33N3O2S/c1-4-5-15-25(27(33)31-17-16-22-13-9-10-14-23(22)19-31)34-28-29-20(2)24(26(32)30(28)3)18-21-11-7-6-8-12-21/h6-14,25H,4-5,15-19H2,1-3H3. The van der Waals surface area contributed by atoms with Gasteiger partial charge in [0.15, 0.2) is 5.16 Å². The van der Waals surface area contributed by atoms with Gasteiger partial charge >= 0.3 is 0 Å². The van der Waals surface area contributed by atoms with Gasteiger partial charge in [0.1, 0.15) is 0 Å². The molecule has 178 valence electrons. The second-order valence-corrected chi connectivity index (χ2v) is 10.2. The van der Waals surface area contributed by atoms with Crippen molar-refractivity contribution in [2.45, 2.75) is 62.9 Å². The minimum Gasteiger partial charge on any atom is -0.337 e. The van der Waals surface area contributed by atoms with E-state index in [0.717, 1.165) is 43.5 Å². The molecule has 1 aliphatic rings. The molecule has 0 radical (unpaired) electrons. The Morgan fingerprint density at radius 2 is 1.79 bits per heavy atom. The zero-order valence-corrected chi connectivity index (χ0v) is 21.1. The average Bonchev–Trinajstić information content (AvgIpc) is 2.87. The van der Waals surface area contributed by atoms with Crippen molar-refractivity contribution in [1.29, 1.82) is 0 Å². The number of aromatic nitrogens is 2. The summed E-state index contributed by atoms with van der Waals surface area (Å²) in [6.45, 7) is 5.42. The first-order valence-corrected chi connectivity index (χ1v) is 13.0. The zero-order valence-electron chi connectivity index (χ0n) is 20.3. The first-order chi connectivity index (χ1) is 16.5. The van der Waals surface area contributed by atoms with E-state index in [1.165, 1.54) is 22.9 Å². The van der Waals surface area contributed by atoms with E-state index in [1.54, 1.807) is 11.6 Å². The van der Waals surface area contributed by atoms with E-state index in [2.05, 4.69) is 25.1 Å². The van der Waals surface area contributed by atoms with Crippen LogP contribution < -0.4 is 5.56 Å². The fraction of sp³-hybridized carbons (Fsp3) is 0.393. The Kier molecular flexibility index (Phi) is 7.88. The van der Waals surface area contributed by atoms with Gasteiger partial charge in [0.05, 0.1) is 5.25 Å². The van der Waals surface area contributed by atoms with Crippen molar-refractivity contribution >= 4 is 17.7 Å². The number of thioether (sulfide) groups is 1. The summed E-state index contributed by atoms with van der Waals surface area (Å²) in [5.41, 5.74) is 5.06. The van der Waals surface area contributed by atoms with Crippen molar-refractivity contribution in [2.75, 3.05) is 6.54 Å². The lowest BCUT2D eigenvalue weighted by Crippen LogP contribution is -2.41. The lowest BCUT2D eigenvalue weighted by atomic mass is 9.99. The van der Waals surface area contributed by atoms with E-state index in [-0.39, 0.29) is 16.7 Å². The number of hydrogen-bond donors (Lipinski definition) is 0. The molecule has 3 aromatic rings. The lowest BCUT2D eigenvalue weighted by molar-refractivity contribution is -0.131. The molecule has 4 rings (SSSR count). The van der Waals surface area contributed by atoms with Crippen LogP contribution in [0, 0.1) is 6.92 Å². The molecule has 6 heteroatoms. The third-order valence-corrected chi connectivity index (χ3v) is 7.86. The highest BCUT2D eigenvalue weighted by Gasteiger charge is 2.29. The molecule has 0 spiro atoms. The van der Waals surface area contributed by atoms with E-state index in [1.807, 2.05) is 48.2 Å². The van der Waals surface area contributed by atoms with Crippen LogP contribution in [0.1, 0.15) is 54.1 Å². The molecule has 1 aromatic heterocycles. The Bertz CT molecular complexity index is 1210. The minimum atomic E-state index is -0.248. The second-order valence-electron chi connectivity index (χ2n) is 9.01. The zero-order chi connectivity index (χ0) is 24.1. The molecule has 2 aromatic carbocycles. The maximum atomic E-state index is 13.6. The summed E-state index contributed by atoms with van der Waals surface area (Å²) in [6, 6.07) is 18.4. The lowest BCUT2D eigenvalue weighted by Gasteiger charge is -2.31. The number of hydrogen-bond acceptors (Lipinski definition) is 4. The number of nitrogens with zero attached hydrogens (tertiary/aromatic N) is 3. The number of fused-ring (bicyclic) bond motifs is 1. The van der Waals surface area contributed by atoms with E-state index < -0.39 is 0 Å². The molecule has 5 nitrogen and oxygen atoms in total. The normalized spacial score (nSPS) is 14.0. The molecule has 0 saturated carbocycles. The number of aryl methyl sites for hydroxylation is 1. The molecule has 1 unspecified atom stereocenters. The monoisotopic (exact) mass is 475 g/mol. The van der Waals surface area contributed by atoms with Crippen LogP contribution in [0.15, 0.2) is 64.5 Å². The molecule has 0 fully saturated rings. The molecule has 0 N–H and O–H groups in total. The molecule has 1 aliphatic heterocycles. The summed E-state index contributed by atoms with van der Waals surface area (Å²) in [6.07, 6.45) is 4.21. The topological polar surface area (TPSA) is 55.2 Å². The van der Waals surface area contributed by atoms with Crippen LogP contribution in [-0.4, -0.2) is 32.2 Å². The van der Waals surface area contributed by atoms with Gasteiger partial charge in [-0.05, 0) is 36.5 Å². The SMILES string of the molecule is CCCCC(Sc1nc(C)c(Cc2ccccc2)c(=O)n1C)C(=O)N1CCc2ccccc2C1. The van der Waals surface area contributed by atoms with Gasteiger partial charge in [-0.15, -0.1) is 0 Å². The molecule has 2 heterocycles. The van der Waals surface area contributed by atoms with E-state index in [9.17, 15) is 9.59 Å². The Balaban J connectivity index is 1.56. The van der Waals surface area contributed by atoms with E-state index in [0.29, 0.717) is 23.7 Å². The van der Waals surface area contributed by atoms with Crippen molar-refractivity contribution in [1.82, 2.24) is 14.5 Å². The molecular weight excluding hydrogens is 442 g/mol. The summed E-state index contributed by atoms with van der Waals surface area (Å²) in [5, 5.41) is 0.369. The number of amides is 1. The van der Waals surface area contributed by atoms with Crippen molar-refractivity contribution in [3.8, 4) is 0 Å². The van der Waals surface area contributed by atoms with Crippen LogP contribution in [0.2, 0.25) is 0 Å². The Labute approximate surface area is 206 Å². The van der Waals surface area contributed by atoms with Crippen molar-refractivity contribution in [3.63, 3.8) is 0 Å². The maximum Gasteiger partial charge on any atom is 0.257 e. The highest BCUT2D eigenvalue weighted by Crippen LogP contribution is 2.29. The molecule has 0 bridgehead atoms. The smallest absolute Gasteiger partial charge is 0.257 e. The van der Waals surface area contributed by atoms with E-state index >= 15 is 0 Å². The van der Waals surface area contributed by atoms with Crippen LogP contribution in [0.5, 0.6) is 0 Å². The molecular formula is C28H33N3O2S. The van der Waals surface area contributed by atoms with Crippen LogP contribution in [-0.2, 0) is 31.2 Å². The van der Waals surface area contributed by atoms with Gasteiger partial charge in [-0.1, -0.05) is 86.1 Å². The predicted molar refractivity (Wildman–Crippen MR) is 138 cm³/mol. The molecule has 0 aliphatic carbocycles. The fourth-order valence-corrected chi connectivity index (χ4v) is 5.70. The van der Waals surface area contributed by atoms with Gasteiger partial charge in [0.2, 0.25) is 5.91 Å². The average molecular weight is 476 g/mol. The minimum absolute atomic E-state index is 0.0348. The number of unbranched alkanes of at least 4 members (excludes halogenated alkanes) is 1. The summed E-state index contributed by atoms with van der Waals surface area (Å²) in [7, 11) is 1.77. The van der Waals surface area contributed by atoms with Crippen LogP contribution in [0.25, 0.3) is 0 Å². The van der Waals surface area contributed by atoms with Crippen molar-refractivity contribution in [3.05, 3.63) is 92.9 Å². The Hall–Kier alpha value is -2.86. The highest BCUT2D eigenvalue weighted by atomic mass is 32.2. The van der Waals surface area contributed by atoms with Gasteiger partial charge in [-0.3, -0.25) is 14.2 Å². The maximum absolute atomic E-state index is 13.6. The van der Waals surface area contributed by atoms with Gasteiger partial charge in [0, 0.05) is 37.8 Å². The van der Waals surface area contributed by atoms with Gasteiger partial charge < -0.3 is 4.90 Å². The van der Waals surface area contributed by atoms with Crippen LogP contribution in [0.4, 0.5) is 0 Å². The van der Waals surface area contributed by atoms with Gasteiger partial charge in [-0.2, -0.15) is 0 Å². The molecule has 1 amide bonds. The predicted octanol–water partition coefficient (Wildman–Crippen LogP) is 4.92. The quantitative estimate of drug-likeness (QED) is 0.343. The Morgan fingerprint density at radius 3 is 2.53 bits per heavy atom. The van der Waals surface area contributed by atoms with E-state index in [4.69, 9.17) is 4.98 Å². The van der Waals surface area contributed by atoms with Crippen molar-refractivity contribution in [2.24, 2.45) is 7.05 Å². The summed E-state index contributed by atoms with van der Waals surface area (Å²) in [5.74, 6) is 0.146. The summed E-state index contributed by atoms with van der Waals surface area (Å²) < 4.78 is 1.62. The van der Waals surface area contributed by atoms with Gasteiger partial charge in [-0.25, -0.2) is 4.98 Å². The third kappa shape index (κ3) is 5.44. The molecule has 0 saturated heterocycles. The number of rotatable bonds is 8. The molecule has 34 heavy (non-hydrogen) atoms. The third-order valence-electron chi connectivity index (χ3n) is 6.56. The first-order valence-electron chi connectivity index (χ1n) is 12.1. The summed E-state index contributed by atoms with van der Waals surface area (Å²) >= 11 is 1.44. The van der Waals surface area contributed by atoms with Crippen LogP contribution >= 0.6 is 11.8 Å². The largest absolute Gasteiger partial charge is 0.337 e. The second kappa shape index (κ2) is 11.0. The van der Waals surface area contributed by atoms with Crippen molar-refractivity contribution < 1.29 is 4.79 Å². The summed E-state index contributed by atoms with van der Waals surface area (Å²) in [4.78, 5) is 33.6. The first kappa shape index (κ1) is 24.3. The molecule has 1 atom stereocenters. The number of carbonyl (C=O) groups is 1. The Morgan fingerprint density at radius 1 is 1.09 bits per heavy atom. The number of carbonyl (C=O) groups excluding carboxylic acids is 1. The number of benzene rings is 2. The van der Waals surface area contributed by atoms with Crippen LogP contribution in [0.3, 0.4) is 0 Å². The fourth-order valence-electron chi connectivity index (χ4n) is 4.48. The highest BCUT2D eigenvalue weighted by molar-refractivity contribution is 8.00. The van der Waals surface area contributed by atoms with Gasteiger partial charge in [0.25, 0.3) is 5.56 Å².